The van der Waals surface area contributed by atoms with Crippen LogP contribution >= 0.6 is 0 Å². The normalized spacial score (nSPS) is 18.2. The Balaban J connectivity index is 2.53. The summed E-state index contributed by atoms with van der Waals surface area (Å²) < 4.78 is 4.97. The zero-order valence-electron chi connectivity index (χ0n) is 10.1. The molecule has 1 aliphatic carbocycles. The molecule has 0 aromatic carbocycles. The van der Waals surface area contributed by atoms with Gasteiger partial charge in [-0.2, -0.15) is 0 Å². The molecule has 0 radical (unpaired) electrons. The third kappa shape index (κ3) is 4.05. The number of carboxylic acids is 1. The first kappa shape index (κ1) is 13.5. The SMILES string of the molecule is CC(C)(C)OC(=O)NC(C(=O)O)C1CC(=O)C1. The third-order valence-corrected chi connectivity index (χ3v) is 2.39. The van der Waals surface area contributed by atoms with Crippen LogP contribution in [0.1, 0.15) is 33.6 Å². The van der Waals surface area contributed by atoms with Gasteiger partial charge in [0, 0.05) is 18.8 Å². The van der Waals surface area contributed by atoms with Gasteiger partial charge in [-0.05, 0) is 20.8 Å². The fourth-order valence-electron chi connectivity index (χ4n) is 1.58. The van der Waals surface area contributed by atoms with Gasteiger partial charge >= 0.3 is 12.1 Å². The number of aliphatic carboxylic acids is 1. The fourth-order valence-corrected chi connectivity index (χ4v) is 1.58. The number of Topliss-reactive ketones (excluding diaryl/α,β-unsaturated/α-hetero) is 1. The molecule has 0 aromatic heterocycles. The minimum Gasteiger partial charge on any atom is -0.480 e. The topological polar surface area (TPSA) is 92.7 Å². The maximum absolute atomic E-state index is 11.4. The van der Waals surface area contributed by atoms with Crippen molar-refractivity contribution in [3.05, 3.63) is 0 Å². The lowest BCUT2D eigenvalue weighted by atomic mass is 9.78. The summed E-state index contributed by atoms with van der Waals surface area (Å²) in [6, 6.07) is -1.05. The smallest absolute Gasteiger partial charge is 0.408 e. The molecule has 6 heteroatoms. The van der Waals surface area contributed by atoms with E-state index in [2.05, 4.69) is 5.32 Å². The quantitative estimate of drug-likeness (QED) is 0.769. The Labute approximate surface area is 99.3 Å². The highest BCUT2D eigenvalue weighted by Crippen LogP contribution is 2.26. The number of hydrogen-bond acceptors (Lipinski definition) is 4. The molecule has 1 unspecified atom stereocenters. The molecule has 6 nitrogen and oxygen atoms in total. The summed E-state index contributed by atoms with van der Waals surface area (Å²) in [6.07, 6.45) is -0.372. The molecule has 17 heavy (non-hydrogen) atoms. The first-order chi connectivity index (χ1) is 7.69. The van der Waals surface area contributed by atoms with Crippen molar-refractivity contribution in [3.8, 4) is 0 Å². The molecule has 1 amide bonds. The Morgan fingerprint density at radius 3 is 2.29 bits per heavy atom. The number of hydrogen-bond donors (Lipinski definition) is 2. The summed E-state index contributed by atoms with van der Waals surface area (Å²) in [7, 11) is 0. The van der Waals surface area contributed by atoms with Crippen molar-refractivity contribution in [2.75, 3.05) is 0 Å². The number of rotatable bonds is 3. The molecule has 0 saturated heterocycles. The van der Waals surface area contributed by atoms with Crippen LogP contribution in [-0.2, 0) is 14.3 Å². The Morgan fingerprint density at radius 2 is 1.94 bits per heavy atom. The number of nitrogens with one attached hydrogen (secondary N) is 1. The highest BCUT2D eigenvalue weighted by atomic mass is 16.6. The summed E-state index contributed by atoms with van der Waals surface area (Å²) in [5.41, 5.74) is -0.678. The molecule has 1 rings (SSSR count). The van der Waals surface area contributed by atoms with Crippen molar-refractivity contribution in [1.29, 1.82) is 0 Å². The van der Waals surface area contributed by atoms with Crippen LogP contribution in [0.4, 0.5) is 4.79 Å². The molecule has 1 atom stereocenters. The van der Waals surface area contributed by atoms with Gasteiger partial charge in [0.25, 0.3) is 0 Å². The lowest BCUT2D eigenvalue weighted by Gasteiger charge is -2.31. The number of amides is 1. The molecule has 0 aliphatic heterocycles. The van der Waals surface area contributed by atoms with Crippen LogP contribution in [0.2, 0.25) is 0 Å². The van der Waals surface area contributed by atoms with Gasteiger partial charge in [0.05, 0.1) is 0 Å². The maximum atomic E-state index is 11.4. The van der Waals surface area contributed by atoms with Gasteiger partial charge in [0.2, 0.25) is 0 Å². The number of carbonyl (C=O) groups is 3. The van der Waals surface area contributed by atoms with E-state index in [1.807, 2.05) is 0 Å². The monoisotopic (exact) mass is 243 g/mol. The number of alkyl carbamates (subject to hydrolysis) is 1. The second-order valence-corrected chi connectivity index (χ2v) is 5.17. The van der Waals surface area contributed by atoms with Crippen molar-refractivity contribution in [1.82, 2.24) is 5.32 Å². The second kappa shape index (κ2) is 4.73. The highest BCUT2D eigenvalue weighted by molar-refractivity contribution is 5.89. The molecule has 1 saturated carbocycles. The van der Waals surface area contributed by atoms with Gasteiger partial charge in [-0.15, -0.1) is 0 Å². The van der Waals surface area contributed by atoms with E-state index in [1.165, 1.54) is 0 Å². The van der Waals surface area contributed by atoms with Crippen molar-refractivity contribution < 1.29 is 24.2 Å². The van der Waals surface area contributed by atoms with E-state index in [1.54, 1.807) is 20.8 Å². The van der Waals surface area contributed by atoms with Crippen LogP contribution in [0.15, 0.2) is 0 Å². The highest BCUT2D eigenvalue weighted by Gasteiger charge is 2.39. The number of carboxylic acid groups (broad SMARTS) is 1. The van der Waals surface area contributed by atoms with E-state index in [9.17, 15) is 14.4 Å². The Hall–Kier alpha value is -1.59. The third-order valence-electron chi connectivity index (χ3n) is 2.39. The predicted octanol–water partition coefficient (Wildman–Crippen LogP) is 0.943. The fraction of sp³-hybridized carbons (Fsp3) is 0.727. The van der Waals surface area contributed by atoms with Crippen molar-refractivity contribution in [2.45, 2.75) is 45.3 Å². The molecular formula is C11H17NO5. The van der Waals surface area contributed by atoms with Crippen molar-refractivity contribution >= 4 is 17.8 Å². The second-order valence-electron chi connectivity index (χ2n) is 5.17. The van der Waals surface area contributed by atoms with E-state index in [0.717, 1.165) is 0 Å². The summed E-state index contributed by atoms with van der Waals surface area (Å²) in [6.45, 7) is 5.07. The summed E-state index contributed by atoms with van der Waals surface area (Å²) in [5.74, 6) is -1.45. The lowest BCUT2D eigenvalue weighted by Crippen LogP contribution is -2.51. The molecule has 0 heterocycles. The van der Waals surface area contributed by atoms with E-state index in [-0.39, 0.29) is 24.5 Å². The number of ketones is 1. The van der Waals surface area contributed by atoms with Gasteiger partial charge in [0.1, 0.15) is 17.4 Å². The van der Waals surface area contributed by atoms with E-state index in [0.29, 0.717) is 0 Å². The van der Waals surface area contributed by atoms with Gasteiger partial charge in [0.15, 0.2) is 0 Å². The van der Waals surface area contributed by atoms with E-state index in [4.69, 9.17) is 9.84 Å². The first-order valence-electron chi connectivity index (χ1n) is 5.43. The summed E-state index contributed by atoms with van der Waals surface area (Å²) in [5, 5.41) is 11.2. The van der Waals surface area contributed by atoms with Crippen molar-refractivity contribution in [3.63, 3.8) is 0 Å². The molecule has 0 bridgehead atoms. The largest absolute Gasteiger partial charge is 0.480 e. The van der Waals surface area contributed by atoms with E-state index >= 15 is 0 Å². The zero-order chi connectivity index (χ0) is 13.2. The van der Waals surface area contributed by atoms with Gasteiger partial charge < -0.3 is 15.2 Å². The number of ether oxygens (including phenoxy) is 1. The average Bonchev–Trinajstić information content (AvgIpc) is 2.06. The standard InChI is InChI=1S/C11H17NO5/c1-11(2,3)17-10(16)12-8(9(14)15)6-4-7(13)5-6/h6,8H,4-5H2,1-3H3,(H,12,16)(H,14,15). The number of carbonyl (C=O) groups excluding carboxylic acids is 2. The minimum atomic E-state index is -1.15. The Morgan fingerprint density at radius 1 is 1.41 bits per heavy atom. The molecule has 96 valence electrons. The van der Waals surface area contributed by atoms with Gasteiger partial charge in [-0.1, -0.05) is 0 Å². The molecule has 0 aromatic rings. The van der Waals surface area contributed by atoms with Crippen LogP contribution in [0, 0.1) is 5.92 Å². The van der Waals surface area contributed by atoms with Crippen LogP contribution in [0.3, 0.4) is 0 Å². The summed E-state index contributed by atoms with van der Waals surface area (Å²) in [4.78, 5) is 33.2. The molecule has 1 aliphatic rings. The van der Waals surface area contributed by atoms with Crippen LogP contribution < -0.4 is 5.32 Å². The minimum absolute atomic E-state index is 0.0206. The first-order valence-corrected chi connectivity index (χ1v) is 5.43. The molecule has 2 N–H and O–H groups in total. The van der Waals surface area contributed by atoms with Crippen LogP contribution in [-0.4, -0.2) is 34.6 Å². The average molecular weight is 243 g/mol. The maximum Gasteiger partial charge on any atom is 0.408 e. The Bertz CT molecular complexity index is 336. The Kier molecular flexibility index (Phi) is 3.75. The van der Waals surface area contributed by atoms with Crippen LogP contribution in [0.5, 0.6) is 0 Å². The van der Waals surface area contributed by atoms with Gasteiger partial charge in [-0.3, -0.25) is 4.79 Å². The van der Waals surface area contributed by atoms with Crippen molar-refractivity contribution in [2.24, 2.45) is 5.92 Å². The molecule has 0 spiro atoms. The predicted molar refractivity (Wildman–Crippen MR) is 58.5 cm³/mol. The summed E-state index contributed by atoms with van der Waals surface area (Å²) >= 11 is 0. The lowest BCUT2D eigenvalue weighted by molar-refractivity contribution is -0.143. The molecule has 1 fully saturated rings. The van der Waals surface area contributed by atoms with Crippen LogP contribution in [0.25, 0.3) is 0 Å². The zero-order valence-corrected chi connectivity index (χ0v) is 10.1. The molecular weight excluding hydrogens is 226 g/mol. The van der Waals surface area contributed by atoms with Gasteiger partial charge in [-0.25, -0.2) is 9.59 Å². The van der Waals surface area contributed by atoms with E-state index < -0.39 is 23.7 Å².